The van der Waals surface area contributed by atoms with Gasteiger partial charge >= 0.3 is 5.97 Å². The van der Waals surface area contributed by atoms with Gasteiger partial charge in [-0.05, 0) is 49.4 Å². The zero-order valence-electron chi connectivity index (χ0n) is 17.6. The lowest BCUT2D eigenvalue weighted by atomic mass is 10.1. The molecule has 3 rings (SSSR count). The first kappa shape index (κ1) is 23.3. The van der Waals surface area contributed by atoms with E-state index in [1.165, 1.54) is 50.6 Å². The highest BCUT2D eigenvalue weighted by atomic mass is 35.5. The zero-order chi connectivity index (χ0) is 23.5. The number of rotatable bonds is 6. The van der Waals surface area contributed by atoms with E-state index in [-0.39, 0.29) is 26.7 Å². The quantitative estimate of drug-likeness (QED) is 0.533. The third kappa shape index (κ3) is 4.76. The van der Waals surface area contributed by atoms with Gasteiger partial charge in [-0.25, -0.2) is 13.2 Å². The number of sulfonamides is 1. The van der Waals surface area contributed by atoms with E-state index in [0.29, 0.717) is 5.69 Å². The second kappa shape index (κ2) is 9.42. The number of hydrogen-bond donors (Lipinski definition) is 1. The number of methoxy groups -OCH3 is 1. The van der Waals surface area contributed by atoms with Gasteiger partial charge in [0.1, 0.15) is 0 Å². The molecule has 0 aliphatic heterocycles. The average molecular weight is 473 g/mol. The minimum atomic E-state index is -3.89. The van der Waals surface area contributed by atoms with E-state index in [1.54, 1.807) is 30.3 Å². The summed E-state index contributed by atoms with van der Waals surface area (Å²) in [4.78, 5) is 25.0. The van der Waals surface area contributed by atoms with Crippen LogP contribution in [-0.2, 0) is 14.8 Å². The summed E-state index contributed by atoms with van der Waals surface area (Å²) < 4.78 is 31.9. The molecule has 7 nitrogen and oxygen atoms in total. The van der Waals surface area contributed by atoms with Crippen LogP contribution in [0.3, 0.4) is 0 Å². The molecule has 1 N–H and O–H groups in total. The van der Waals surface area contributed by atoms with E-state index >= 15 is 0 Å². The predicted molar refractivity (Wildman–Crippen MR) is 124 cm³/mol. The molecule has 166 valence electrons. The molecule has 0 aromatic heterocycles. The molecular weight excluding hydrogens is 452 g/mol. The monoisotopic (exact) mass is 472 g/mol. The summed E-state index contributed by atoms with van der Waals surface area (Å²) in [6, 6.07) is 17.2. The highest BCUT2D eigenvalue weighted by Gasteiger charge is 2.25. The molecule has 0 radical (unpaired) electrons. The van der Waals surface area contributed by atoms with Gasteiger partial charge in [0.25, 0.3) is 15.9 Å². The van der Waals surface area contributed by atoms with Gasteiger partial charge < -0.3 is 10.1 Å². The van der Waals surface area contributed by atoms with Gasteiger partial charge in [0.15, 0.2) is 0 Å². The first-order valence-corrected chi connectivity index (χ1v) is 11.3. The molecule has 0 spiro atoms. The molecule has 1 amide bonds. The van der Waals surface area contributed by atoms with Crippen molar-refractivity contribution in [1.29, 1.82) is 0 Å². The number of halogens is 1. The number of amides is 1. The molecule has 0 bridgehead atoms. The Hall–Kier alpha value is -3.36. The van der Waals surface area contributed by atoms with Crippen molar-refractivity contribution in [1.82, 2.24) is 0 Å². The zero-order valence-corrected chi connectivity index (χ0v) is 19.2. The topological polar surface area (TPSA) is 92.8 Å². The van der Waals surface area contributed by atoms with Crippen LogP contribution in [0.25, 0.3) is 0 Å². The Morgan fingerprint density at radius 1 is 0.969 bits per heavy atom. The summed E-state index contributed by atoms with van der Waals surface area (Å²) in [5.74, 6) is -1.19. The summed E-state index contributed by atoms with van der Waals surface area (Å²) in [6.07, 6.45) is 0. The van der Waals surface area contributed by atoms with Crippen molar-refractivity contribution in [2.75, 3.05) is 23.8 Å². The van der Waals surface area contributed by atoms with Gasteiger partial charge in [-0.1, -0.05) is 41.4 Å². The van der Waals surface area contributed by atoms with E-state index < -0.39 is 21.9 Å². The third-order valence-electron chi connectivity index (χ3n) is 4.80. The van der Waals surface area contributed by atoms with Crippen LogP contribution in [0.1, 0.15) is 26.3 Å². The Bertz CT molecular complexity index is 1270. The van der Waals surface area contributed by atoms with E-state index in [0.717, 1.165) is 9.87 Å². The Morgan fingerprint density at radius 2 is 1.62 bits per heavy atom. The Morgan fingerprint density at radius 3 is 2.28 bits per heavy atom. The molecule has 3 aromatic rings. The molecular formula is C23H21ClN2O5S. The molecule has 0 atom stereocenters. The van der Waals surface area contributed by atoms with Crippen LogP contribution in [0.4, 0.5) is 11.4 Å². The van der Waals surface area contributed by atoms with Gasteiger partial charge in [0.2, 0.25) is 0 Å². The molecule has 32 heavy (non-hydrogen) atoms. The SMILES string of the molecule is COC(=O)c1cc(NC(=O)c2ccccc2N(C)S(=O)(=O)c2ccc(C)cc2)ccc1Cl. The van der Waals surface area contributed by atoms with Crippen LogP contribution >= 0.6 is 11.6 Å². The molecule has 0 saturated heterocycles. The minimum Gasteiger partial charge on any atom is -0.465 e. The molecule has 3 aromatic carbocycles. The number of hydrogen-bond acceptors (Lipinski definition) is 5. The lowest BCUT2D eigenvalue weighted by Gasteiger charge is -2.22. The minimum absolute atomic E-state index is 0.0966. The first-order chi connectivity index (χ1) is 15.1. The maximum absolute atomic E-state index is 13.1. The van der Waals surface area contributed by atoms with E-state index in [2.05, 4.69) is 10.1 Å². The van der Waals surface area contributed by atoms with Crippen molar-refractivity contribution in [3.63, 3.8) is 0 Å². The second-order valence-electron chi connectivity index (χ2n) is 6.94. The summed E-state index contributed by atoms with van der Waals surface area (Å²) >= 11 is 6.02. The van der Waals surface area contributed by atoms with Crippen LogP contribution in [0, 0.1) is 6.92 Å². The second-order valence-corrected chi connectivity index (χ2v) is 9.32. The maximum atomic E-state index is 13.1. The molecule has 0 heterocycles. The van der Waals surface area contributed by atoms with Gasteiger partial charge in [-0.3, -0.25) is 9.10 Å². The molecule has 0 saturated carbocycles. The molecule has 0 aliphatic carbocycles. The Balaban J connectivity index is 1.93. The number of nitrogens with one attached hydrogen (secondary N) is 1. The summed E-state index contributed by atoms with van der Waals surface area (Å²) in [5.41, 5.74) is 1.67. The number of benzene rings is 3. The molecule has 0 aliphatic rings. The van der Waals surface area contributed by atoms with Crippen LogP contribution in [0.15, 0.2) is 71.6 Å². The lowest BCUT2D eigenvalue weighted by molar-refractivity contribution is 0.0600. The van der Waals surface area contributed by atoms with Gasteiger partial charge in [-0.2, -0.15) is 0 Å². The molecule has 0 fully saturated rings. The van der Waals surface area contributed by atoms with Crippen molar-refractivity contribution in [2.45, 2.75) is 11.8 Å². The smallest absolute Gasteiger partial charge is 0.339 e. The van der Waals surface area contributed by atoms with Crippen LogP contribution in [0.5, 0.6) is 0 Å². The average Bonchev–Trinajstić information content (AvgIpc) is 2.79. The van der Waals surface area contributed by atoms with Crippen LogP contribution in [0.2, 0.25) is 5.02 Å². The number of ether oxygens (including phenoxy) is 1. The van der Waals surface area contributed by atoms with Gasteiger partial charge in [-0.15, -0.1) is 0 Å². The van der Waals surface area contributed by atoms with E-state index in [1.807, 2.05) is 6.92 Å². The fraction of sp³-hybridized carbons (Fsp3) is 0.130. The number of carbonyl (C=O) groups is 2. The van der Waals surface area contributed by atoms with E-state index in [9.17, 15) is 18.0 Å². The van der Waals surface area contributed by atoms with Crippen molar-refractivity contribution < 1.29 is 22.7 Å². The molecule has 9 heteroatoms. The number of carbonyl (C=O) groups excluding carboxylic acids is 2. The fourth-order valence-electron chi connectivity index (χ4n) is 3.01. The third-order valence-corrected chi connectivity index (χ3v) is 6.91. The summed E-state index contributed by atoms with van der Waals surface area (Å²) in [6.45, 7) is 1.86. The number of anilines is 2. The van der Waals surface area contributed by atoms with Crippen LogP contribution in [-0.4, -0.2) is 34.5 Å². The van der Waals surface area contributed by atoms with E-state index in [4.69, 9.17) is 11.6 Å². The number of para-hydroxylation sites is 1. The largest absolute Gasteiger partial charge is 0.465 e. The highest BCUT2D eigenvalue weighted by Crippen LogP contribution is 2.27. The van der Waals surface area contributed by atoms with Crippen molar-refractivity contribution in [3.8, 4) is 0 Å². The summed E-state index contributed by atoms with van der Waals surface area (Å²) in [5, 5.41) is 2.85. The van der Waals surface area contributed by atoms with Gasteiger partial charge in [0.05, 0.1) is 33.8 Å². The number of aryl methyl sites for hydroxylation is 1. The normalized spacial score (nSPS) is 11.0. The molecule has 0 unspecified atom stereocenters. The van der Waals surface area contributed by atoms with Crippen molar-refractivity contribution in [3.05, 3.63) is 88.4 Å². The Kier molecular flexibility index (Phi) is 6.86. The van der Waals surface area contributed by atoms with Crippen LogP contribution < -0.4 is 9.62 Å². The predicted octanol–water partition coefficient (Wildman–Crippen LogP) is 4.51. The van der Waals surface area contributed by atoms with Crippen molar-refractivity contribution in [2.24, 2.45) is 0 Å². The first-order valence-electron chi connectivity index (χ1n) is 9.49. The standard InChI is InChI=1S/C23H21ClN2O5S/c1-15-8-11-17(12-9-15)32(29,30)26(2)21-7-5-4-6-18(21)22(27)25-16-10-13-20(24)19(14-16)23(28)31-3/h4-14H,1-3H3,(H,25,27). The fourth-order valence-corrected chi connectivity index (χ4v) is 4.42. The maximum Gasteiger partial charge on any atom is 0.339 e. The van der Waals surface area contributed by atoms with Gasteiger partial charge in [0, 0.05) is 12.7 Å². The number of nitrogens with zero attached hydrogens (tertiary/aromatic N) is 1. The number of esters is 1. The summed E-state index contributed by atoms with van der Waals surface area (Å²) in [7, 11) is -1.28. The van der Waals surface area contributed by atoms with Crippen molar-refractivity contribution >= 4 is 44.9 Å². The lowest BCUT2D eigenvalue weighted by Crippen LogP contribution is -2.29. The highest BCUT2D eigenvalue weighted by molar-refractivity contribution is 7.92. The Labute approximate surface area is 191 Å².